The van der Waals surface area contributed by atoms with E-state index in [9.17, 15) is 0 Å². The Morgan fingerprint density at radius 1 is 1.53 bits per heavy atom. The minimum atomic E-state index is -0.448. The second kappa shape index (κ2) is 4.59. The van der Waals surface area contributed by atoms with Crippen molar-refractivity contribution in [1.82, 2.24) is 4.98 Å². The summed E-state index contributed by atoms with van der Waals surface area (Å²) in [5.74, 6) is 0.680. The molecule has 3 N–H and O–H groups in total. The van der Waals surface area contributed by atoms with Gasteiger partial charge in [-0.15, -0.1) is 0 Å². The van der Waals surface area contributed by atoms with E-state index in [1.807, 2.05) is 20.8 Å². The summed E-state index contributed by atoms with van der Waals surface area (Å²) in [4.78, 5) is 3.97. The predicted molar refractivity (Wildman–Crippen MR) is 58.6 cm³/mol. The molecule has 4 nitrogen and oxygen atoms in total. The van der Waals surface area contributed by atoms with Crippen LogP contribution in [0.2, 0.25) is 0 Å². The molecule has 0 spiro atoms. The molecule has 0 amide bonds. The maximum absolute atomic E-state index is 9.00. The van der Waals surface area contributed by atoms with Gasteiger partial charge in [-0.25, -0.2) is 0 Å². The molecule has 1 unspecified atom stereocenters. The summed E-state index contributed by atoms with van der Waals surface area (Å²) in [6.07, 6.45) is 3.27. The molecule has 0 aliphatic carbocycles. The summed E-state index contributed by atoms with van der Waals surface area (Å²) in [7, 11) is 0. The second-order valence-corrected chi connectivity index (χ2v) is 4.42. The van der Waals surface area contributed by atoms with Crippen LogP contribution in [0.15, 0.2) is 18.5 Å². The lowest BCUT2D eigenvalue weighted by Crippen LogP contribution is -2.25. The van der Waals surface area contributed by atoms with Crippen molar-refractivity contribution in [2.75, 3.05) is 6.61 Å². The van der Waals surface area contributed by atoms with Crippen LogP contribution in [-0.4, -0.2) is 22.3 Å². The zero-order valence-electron chi connectivity index (χ0n) is 9.40. The highest BCUT2D eigenvalue weighted by Gasteiger charge is 2.17. The van der Waals surface area contributed by atoms with Gasteiger partial charge in [0.05, 0.1) is 12.6 Å². The number of ether oxygens (including phenoxy) is 1. The zero-order valence-corrected chi connectivity index (χ0v) is 9.40. The van der Waals surface area contributed by atoms with Crippen molar-refractivity contribution in [3.8, 4) is 5.75 Å². The molecule has 15 heavy (non-hydrogen) atoms. The lowest BCUT2D eigenvalue weighted by atomic mass is 10.1. The minimum Gasteiger partial charge on any atom is -0.488 e. The molecule has 0 saturated carbocycles. The lowest BCUT2D eigenvalue weighted by molar-refractivity contribution is 0.127. The third kappa shape index (κ3) is 3.49. The molecule has 1 rings (SSSR count). The van der Waals surface area contributed by atoms with Crippen LogP contribution in [0.25, 0.3) is 0 Å². The Labute approximate surface area is 90.1 Å². The minimum absolute atomic E-state index is 0.119. The number of rotatable bonds is 3. The first-order valence-electron chi connectivity index (χ1n) is 4.93. The molecule has 0 aromatic carbocycles. The molecule has 0 saturated heterocycles. The van der Waals surface area contributed by atoms with E-state index in [1.54, 1.807) is 18.5 Å². The molecule has 1 atom stereocenters. The quantitative estimate of drug-likeness (QED) is 0.788. The predicted octanol–water partition coefficient (Wildman–Crippen LogP) is 1.25. The van der Waals surface area contributed by atoms with E-state index in [-0.39, 0.29) is 12.2 Å². The SMILES string of the molecule is CC(C)(C)Oc1ccncc1C(N)CO. The van der Waals surface area contributed by atoms with Crippen LogP contribution in [0.3, 0.4) is 0 Å². The van der Waals surface area contributed by atoms with Gasteiger partial charge in [0.1, 0.15) is 11.4 Å². The molecule has 1 heterocycles. The Bertz CT molecular complexity index is 321. The fourth-order valence-electron chi connectivity index (χ4n) is 1.19. The van der Waals surface area contributed by atoms with Crippen LogP contribution in [0.4, 0.5) is 0 Å². The van der Waals surface area contributed by atoms with Crippen molar-refractivity contribution in [3.05, 3.63) is 24.0 Å². The molecule has 0 fully saturated rings. The highest BCUT2D eigenvalue weighted by Crippen LogP contribution is 2.25. The topological polar surface area (TPSA) is 68.4 Å². The van der Waals surface area contributed by atoms with Crippen molar-refractivity contribution in [3.63, 3.8) is 0 Å². The summed E-state index contributed by atoms with van der Waals surface area (Å²) >= 11 is 0. The first-order chi connectivity index (χ1) is 6.94. The third-order valence-corrected chi connectivity index (χ3v) is 1.82. The highest BCUT2D eigenvalue weighted by molar-refractivity contribution is 5.33. The molecule has 1 aromatic heterocycles. The Hall–Kier alpha value is -1.13. The molecule has 0 aliphatic rings. The smallest absolute Gasteiger partial charge is 0.128 e. The summed E-state index contributed by atoms with van der Waals surface area (Å²) in [6.45, 7) is 5.76. The largest absolute Gasteiger partial charge is 0.488 e. The average molecular weight is 210 g/mol. The fourth-order valence-corrected chi connectivity index (χ4v) is 1.19. The number of aliphatic hydroxyl groups excluding tert-OH is 1. The van der Waals surface area contributed by atoms with Crippen LogP contribution >= 0.6 is 0 Å². The van der Waals surface area contributed by atoms with Gasteiger partial charge < -0.3 is 15.6 Å². The highest BCUT2D eigenvalue weighted by atomic mass is 16.5. The van der Waals surface area contributed by atoms with Gasteiger partial charge in [-0.05, 0) is 26.8 Å². The number of nitrogens with two attached hydrogens (primary N) is 1. The summed E-state index contributed by atoms with van der Waals surface area (Å²) in [5, 5.41) is 9.00. The normalized spacial score (nSPS) is 13.7. The number of pyridine rings is 1. The number of aliphatic hydroxyl groups is 1. The maximum atomic E-state index is 9.00. The number of aromatic nitrogens is 1. The monoisotopic (exact) mass is 210 g/mol. The van der Waals surface area contributed by atoms with E-state index in [2.05, 4.69) is 4.98 Å². The zero-order chi connectivity index (χ0) is 11.5. The van der Waals surface area contributed by atoms with Gasteiger partial charge in [0.15, 0.2) is 0 Å². The molecule has 0 bridgehead atoms. The van der Waals surface area contributed by atoms with E-state index >= 15 is 0 Å². The fraction of sp³-hybridized carbons (Fsp3) is 0.545. The standard InChI is InChI=1S/C11H18N2O2/c1-11(2,3)15-10-4-5-13-6-8(10)9(12)7-14/h4-6,9,14H,7,12H2,1-3H3. The van der Waals surface area contributed by atoms with Crippen LogP contribution in [0, 0.1) is 0 Å². The Kier molecular flexibility index (Phi) is 3.66. The first kappa shape index (κ1) is 11.9. The Morgan fingerprint density at radius 2 is 2.20 bits per heavy atom. The Morgan fingerprint density at radius 3 is 2.73 bits per heavy atom. The Balaban J connectivity index is 2.96. The summed E-state index contributed by atoms with van der Waals surface area (Å²) < 4.78 is 5.72. The number of hydrogen-bond acceptors (Lipinski definition) is 4. The van der Waals surface area contributed by atoms with Crippen molar-refractivity contribution in [1.29, 1.82) is 0 Å². The first-order valence-corrected chi connectivity index (χ1v) is 4.93. The molecule has 84 valence electrons. The van der Waals surface area contributed by atoms with Gasteiger partial charge in [0, 0.05) is 18.0 Å². The molecular formula is C11H18N2O2. The molecule has 4 heteroatoms. The van der Waals surface area contributed by atoms with Crippen molar-refractivity contribution >= 4 is 0 Å². The van der Waals surface area contributed by atoms with Crippen LogP contribution in [-0.2, 0) is 0 Å². The lowest BCUT2D eigenvalue weighted by Gasteiger charge is -2.24. The number of hydrogen-bond donors (Lipinski definition) is 2. The van der Waals surface area contributed by atoms with Gasteiger partial charge in [-0.1, -0.05) is 0 Å². The van der Waals surface area contributed by atoms with Gasteiger partial charge in [0.25, 0.3) is 0 Å². The van der Waals surface area contributed by atoms with Crippen LogP contribution in [0.5, 0.6) is 5.75 Å². The molecular weight excluding hydrogens is 192 g/mol. The third-order valence-electron chi connectivity index (χ3n) is 1.82. The van der Waals surface area contributed by atoms with E-state index in [0.29, 0.717) is 5.75 Å². The summed E-state index contributed by atoms with van der Waals surface area (Å²) in [5.41, 5.74) is 6.19. The molecule has 1 aromatic rings. The van der Waals surface area contributed by atoms with Crippen LogP contribution < -0.4 is 10.5 Å². The van der Waals surface area contributed by atoms with E-state index < -0.39 is 6.04 Å². The van der Waals surface area contributed by atoms with Crippen molar-refractivity contribution < 1.29 is 9.84 Å². The van der Waals surface area contributed by atoms with E-state index in [0.717, 1.165) is 5.56 Å². The second-order valence-electron chi connectivity index (χ2n) is 4.42. The summed E-state index contributed by atoms with van der Waals surface area (Å²) in [6, 6.07) is 1.31. The maximum Gasteiger partial charge on any atom is 0.128 e. The van der Waals surface area contributed by atoms with Gasteiger partial charge in [0.2, 0.25) is 0 Å². The van der Waals surface area contributed by atoms with Gasteiger partial charge in [-0.3, -0.25) is 4.98 Å². The number of nitrogens with zero attached hydrogens (tertiary/aromatic N) is 1. The molecule has 0 aliphatic heterocycles. The van der Waals surface area contributed by atoms with E-state index in [4.69, 9.17) is 15.6 Å². The van der Waals surface area contributed by atoms with Crippen LogP contribution in [0.1, 0.15) is 32.4 Å². The van der Waals surface area contributed by atoms with Gasteiger partial charge >= 0.3 is 0 Å². The van der Waals surface area contributed by atoms with E-state index in [1.165, 1.54) is 0 Å². The van der Waals surface area contributed by atoms with Crippen molar-refractivity contribution in [2.24, 2.45) is 5.73 Å². The van der Waals surface area contributed by atoms with Gasteiger partial charge in [-0.2, -0.15) is 0 Å². The van der Waals surface area contributed by atoms with Crippen molar-refractivity contribution in [2.45, 2.75) is 32.4 Å². The average Bonchev–Trinajstić information content (AvgIpc) is 2.15. The molecule has 0 radical (unpaired) electrons.